The molecule has 5 nitrogen and oxygen atoms in total. The van der Waals surface area contributed by atoms with E-state index in [1.807, 2.05) is 25.1 Å². The van der Waals surface area contributed by atoms with Gasteiger partial charge < -0.3 is 14.4 Å². The Balaban J connectivity index is 2.41. The van der Waals surface area contributed by atoms with E-state index < -0.39 is 8.80 Å². The van der Waals surface area contributed by atoms with Gasteiger partial charge in [0.05, 0.1) is 11.4 Å². The van der Waals surface area contributed by atoms with Gasteiger partial charge >= 0.3 is 8.80 Å². The molecule has 0 aliphatic heterocycles. The largest absolute Gasteiger partial charge is 0.492 e. The first-order valence-corrected chi connectivity index (χ1v) is 7.13. The molecule has 0 aliphatic rings. The van der Waals surface area contributed by atoms with Gasteiger partial charge in [0.1, 0.15) is 0 Å². The van der Waals surface area contributed by atoms with Crippen molar-refractivity contribution in [2.75, 3.05) is 6.54 Å². The molecule has 0 radical (unpaired) electrons. The summed E-state index contributed by atoms with van der Waals surface area (Å²) in [5.74, 6) is 0. The van der Waals surface area contributed by atoms with Gasteiger partial charge in [-0.3, -0.25) is 9.98 Å². The number of hydrogen-bond acceptors (Lipinski definition) is 5. The zero-order chi connectivity index (χ0) is 12.0. The molecule has 0 aromatic carbocycles. The SMILES string of the molecule is CC(=NCCC[Si](O)(O)O)c1ccccn1. The first-order valence-electron chi connectivity index (χ1n) is 5.08. The van der Waals surface area contributed by atoms with Crippen LogP contribution in [0.25, 0.3) is 0 Å². The van der Waals surface area contributed by atoms with E-state index >= 15 is 0 Å². The van der Waals surface area contributed by atoms with Gasteiger partial charge in [0.15, 0.2) is 0 Å². The Bertz CT molecular complexity index is 349. The average Bonchev–Trinajstić information content (AvgIpc) is 2.24. The summed E-state index contributed by atoms with van der Waals surface area (Å²) in [6.45, 7) is 2.31. The summed E-state index contributed by atoms with van der Waals surface area (Å²) >= 11 is 0. The van der Waals surface area contributed by atoms with Crippen LogP contribution in [0.4, 0.5) is 0 Å². The molecule has 1 rings (SSSR count). The lowest BCUT2D eigenvalue weighted by molar-refractivity contribution is 0.227. The van der Waals surface area contributed by atoms with Crippen LogP contribution in [0.5, 0.6) is 0 Å². The van der Waals surface area contributed by atoms with Crippen LogP contribution in [-0.4, -0.2) is 40.4 Å². The second-order valence-electron chi connectivity index (χ2n) is 3.56. The Morgan fingerprint density at radius 3 is 2.69 bits per heavy atom. The molecule has 0 aliphatic carbocycles. The molecule has 1 aromatic rings. The highest BCUT2D eigenvalue weighted by Gasteiger charge is 2.25. The lowest BCUT2D eigenvalue weighted by Crippen LogP contribution is -2.34. The quantitative estimate of drug-likeness (QED) is 0.390. The summed E-state index contributed by atoms with van der Waals surface area (Å²) in [6, 6.07) is 5.60. The topological polar surface area (TPSA) is 85.9 Å². The van der Waals surface area contributed by atoms with Gasteiger partial charge in [0, 0.05) is 18.8 Å². The lowest BCUT2D eigenvalue weighted by atomic mass is 10.2. The second-order valence-corrected chi connectivity index (χ2v) is 5.61. The van der Waals surface area contributed by atoms with Gasteiger partial charge in [-0.15, -0.1) is 0 Å². The molecule has 1 heterocycles. The van der Waals surface area contributed by atoms with Crippen molar-refractivity contribution in [3.63, 3.8) is 0 Å². The maximum absolute atomic E-state index is 8.79. The van der Waals surface area contributed by atoms with Crippen molar-refractivity contribution < 1.29 is 14.4 Å². The number of pyridine rings is 1. The third kappa shape index (κ3) is 5.13. The van der Waals surface area contributed by atoms with Gasteiger partial charge in [0.25, 0.3) is 0 Å². The fourth-order valence-corrected chi connectivity index (χ4v) is 1.85. The summed E-state index contributed by atoms with van der Waals surface area (Å²) in [5, 5.41) is 0. The molecule has 0 saturated carbocycles. The number of aromatic nitrogens is 1. The third-order valence-electron chi connectivity index (χ3n) is 2.05. The van der Waals surface area contributed by atoms with E-state index in [4.69, 9.17) is 14.4 Å². The van der Waals surface area contributed by atoms with Crippen LogP contribution in [0.1, 0.15) is 19.0 Å². The number of nitrogens with zero attached hydrogens (tertiary/aromatic N) is 2. The minimum Gasteiger partial charge on any atom is -0.390 e. The van der Waals surface area contributed by atoms with Crippen LogP contribution >= 0.6 is 0 Å². The molecule has 1 aromatic heterocycles. The summed E-state index contributed by atoms with van der Waals surface area (Å²) in [5.41, 5.74) is 1.62. The third-order valence-corrected chi connectivity index (χ3v) is 3.08. The summed E-state index contributed by atoms with van der Waals surface area (Å²) in [4.78, 5) is 34.7. The summed E-state index contributed by atoms with van der Waals surface area (Å²) < 4.78 is 0. The van der Waals surface area contributed by atoms with Gasteiger partial charge in [-0.1, -0.05) is 6.07 Å². The maximum atomic E-state index is 8.79. The smallest absolute Gasteiger partial charge is 0.390 e. The fourth-order valence-electron chi connectivity index (χ4n) is 1.22. The van der Waals surface area contributed by atoms with Crippen molar-refractivity contribution in [1.29, 1.82) is 0 Å². The minimum absolute atomic E-state index is 0.0198. The zero-order valence-electron chi connectivity index (χ0n) is 9.17. The van der Waals surface area contributed by atoms with E-state index in [-0.39, 0.29) is 6.04 Å². The van der Waals surface area contributed by atoms with Crippen molar-refractivity contribution in [3.05, 3.63) is 30.1 Å². The van der Waals surface area contributed by atoms with Crippen molar-refractivity contribution >= 4 is 14.5 Å². The van der Waals surface area contributed by atoms with E-state index in [2.05, 4.69) is 9.98 Å². The first kappa shape index (κ1) is 13.0. The molecule has 0 saturated heterocycles. The Kier molecular flexibility index (Phi) is 4.75. The summed E-state index contributed by atoms with van der Waals surface area (Å²) in [7, 11) is -3.89. The number of hydrogen-bond donors (Lipinski definition) is 3. The molecule has 0 fully saturated rings. The standard InChI is InChI=1S/C10H16N2O3Si/c1-9(10-5-2-3-6-12-10)11-7-4-8-16(13,14)15/h2-3,5-6,13-15H,4,7-8H2,1H3. The highest BCUT2D eigenvalue weighted by molar-refractivity contribution is 6.56. The van der Waals surface area contributed by atoms with E-state index in [0.29, 0.717) is 13.0 Å². The Morgan fingerprint density at radius 1 is 1.38 bits per heavy atom. The molecule has 0 atom stereocenters. The zero-order valence-corrected chi connectivity index (χ0v) is 10.2. The molecule has 0 bridgehead atoms. The van der Waals surface area contributed by atoms with Crippen molar-refractivity contribution in [2.24, 2.45) is 4.99 Å². The fraction of sp³-hybridized carbons (Fsp3) is 0.400. The normalized spacial score (nSPS) is 12.9. The van der Waals surface area contributed by atoms with Gasteiger partial charge in [-0.25, -0.2) is 0 Å². The minimum atomic E-state index is -3.89. The molecular formula is C10H16N2O3Si. The average molecular weight is 240 g/mol. The molecular weight excluding hydrogens is 224 g/mol. The molecule has 0 spiro atoms. The van der Waals surface area contributed by atoms with Crippen LogP contribution in [0.2, 0.25) is 6.04 Å². The number of aliphatic imine (C=N–C) groups is 1. The second kappa shape index (κ2) is 5.85. The predicted octanol–water partition coefficient (Wildman–Crippen LogP) is 0.197. The molecule has 88 valence electrons. The predicted molar refractivity (Wildman–Crippen MR) is 63.1 cm³/mol. The molecule has 6 heteroatoms. The van der Waals surface area contributed by atoms with E-state index in [1.165, 1.54) is 0 Å². The first-order chi connectivity index (χ1) is 7.49. The van der Waals surface area contributed by atoms with Crippen molar-refractivity contribution in [2.45, 2.75) is 19.4 Å². The van der Waals surface area contributed by atoms with Crippen molar-refractivity contribution in [1.82, 2.24) is 4.98 Å². The molecule has 16 heavy (non-hydrogen) atoms. The number of rotatable bonds is 5. The molecule has 0 amide bonds. The van der Waals surface area contributed by atoms with Crippen LogP contribution < -0.4 is 0 Å². The Hall–Kier alpha value is -1.08. The van der Waals surface area contributed by atoms with Crippen LogP contribution in [-0.2, 0) is 0 Å². The van der Waals surface area contributed by atoms with E-state index in [0.717, 1.165) is 11.4 Å². The van der Waals surface area contributed by atoms with Gasteiger partial charge in [-0.05, 0) is 25.5 Å². The van der Waals surface area contributed by atoms with E-state index in [9.17, 15) is 0 Å². The monoisotopic (exact) mass is 240 g/mol. The molecule has 3 N–H and O–H groups in total. The highest BCUT2D eigenvalue weighted by Crippen LogP contribution is 2.02. The van der Waals surface area contributed by atoms with Crippen LogP contribution in [0.15, 0.2) is 29.4 Å². The van der Waals surface area contributed by atoms with Crippen LogP contribution in [0, 0.1) is 0 Å². The maximum Gasteiger partial charge on any atom is 0.492 e. The lowest BCUT2D eigenvalue weighted by Gasteiger charge is -2.07. The Labute approximate surface area is 95.5 Å². The van der Waals surface area contributed by atoms with Crippen LogP contribution in [0.3, 0.4) is 0 Å². The van der Waals surface area contributed by atoms with Gasteiger partial charge in [0.2, 0.25) is 0 Å². The Morgan fingerprint density at radius 2 is 2.12 bits per heavy atom. The van der Waals surface area contributed by atoms with Gasteiger partial charge in [-0.2, -0.15) is 0 Å². The van der Waals surface area contributed by atoms with Crippen molar-refractivity contribution in [3.8, 4) is 0 Å². The summed E-state index contributed by atoms with van der Waals surface area (Å²) in [6.07, 6.45) is 2.15. The molecule has 0 unspecified atom stereocenters. The van der Waals surface area contributed by atoms with E-state index in [1.54, 1.807) is 6.20 Å². The highest BCUT2D eigenvalue weighted by atomic mass is 28.4.